The summed E-state index contributed by atoms with van der Waals surface area (Å²) in [4.78, 5) is 32.7. The zero-order valence-electron chi connectivity index (χ0n) is 8.45. The van der Waals surface area contributed by atoms with Gasteiger partial charge in [0.25, 0.3) is 0 Å². The number of rotatable bonds is 4. The molecule has 0 spiro atoms. The first kappa shape index (κ1) is 13.0. The van der Waals surface area contributed by atoms with Gasteiger partial charge in [-0.2, -0.15) is 0 Å². The summed E-state index contributed by atoms with van der Waals surface area (Å²) in [5.41, 5.74) is -0.386. The van der Waals surface area contributed by atoms with E-state index in [0.717, 1.165) is 0 Å². The number of hydrogen-bond donors (Lipinski definition) is 3. The lowest BCUT2D eigenvalue weighted by Crippen LogP contribution is -2.06. The van der Waals surface area contributed by atoms with Gasteiger partial charge in [-0.3, -0.25) is 4.79 Å². The van der Waals surface area contributed by atoms with Gasteiger partial charge in [0, 0.05) is 17.2 Å². The third-order valence-electron chi connectivity index (χ3n) is 1.95. The highest BCUT2D eigenvalue weighted by Crippen LogP contribution is 2.21. The fraction of sp³-hybridized carbons (Fsp3) is 0. The topological polar surface area (TPSA) is 91.7 Å². The maximum Gasteiger partial charge on any atom is 0.336 e. The first-order valence-electron chi connectivity index (χ1n) is 4.44. The van der Waals surface area contributed by atoms with Crippen molar-refractivity contribution in [3.8, 4) is 0 Å². The minimum atomic E-state index is -1.34. The summed E-state index contributed by atoms with van der Waals surface area (Å²) < 4.78 is 0. The van der Waals surface area contributed by atoms with Crippen molar-refractivity contribution in [2.24, 2.45) is 0 Å². The van der Waals surface area contributed by atoms with Gasteiger partial charge in [0.2, 0.25) is 5.12 Å². The van der Waals surface area contributed by atoms with Gasteiger partial charge in [-0.1, -0.05) is 18.2 Å². The van der Waals surface area contributed by atoms with E-state index in [1.165, 1.54) is 24.3 Å². The molecule has 1 rings (SSSR count). The molecule has 1 aromatic rings. The second-order valence-electron chi connectivity index (χ2n) is 3.05. The first-order valence-corrected chi connectivity index (χ1v) is 4.89. The van der Waals surface area contributed by atoms with Crippen LogP contribution in [-0.4, -0.2) is 27.3 Å². The zero-order valence-corrected chi connectivity index (χ0v) is 9.35. The van der Waals surface area contributed by atoms with Crippen LogP contribution in [-0.2, 0) is 9.59 Å². The van der Waals surface area contributed by atoms with Crippen LogP contribution in [0.4, 0.5) is 0 Å². The molecule has 0 amide bonds. The third-order valence-corrected chi connectivity index (χ3v) is 2.19. The molecule has 1 aromatic carbocycles. The third kappa shape index (κ3) is 3.18. The summed E-state index contributed by atoms with van der Waals surface area (Å²) in [5.74, 6) is -2.59. The van der Waals surface area contributed by atoms with E-state index in [0.29, 0.717) is 6.08 Å². The van der Waals surface area contributed by atoms with Crippen LogP contribution in [0.3, 0.4) is 0 Å². The quantitative estimate of drug-likeness (QED) is 0.555. The number of benzene rings is 1. The van der Waals surface area contributed by atoms with Gasteiger partial charge in [-0.25, -0.2) is 9.59 Å². The smallest absolute Gasteiger partial charge is 0.336 e. The number of carbonyl (C=O) groups is 3. The highest BCUT2D eigenvalue weighted by atomic mass is 32.1. The van der Waals surface area contributed by atoms with E-state index < -0.39 is 17.1 Å². The Labute approximate surface area is 102 Å². The van der Waals surface area contributed by atoms with Crippen LogP contribution in [0.15, 0.2) is 30.3 Å². The molecule has 2 N–H and O–H groups in total. The van der Waals surface area contributed by atoms with E-state index in [1.807, 2.05) is 0 Å². The van der Waals surface area contributed by atoms with Crippen LogP contribution in [0.1, 0.15) is 15.9 Å². The summed E-state index contributed by atoms with van der Waals surface area (Å²) in [6.45, 7) is 0. The fourth-order valence-corrected chi connectivity index (χ4v) is 1.47. The van der Waals surface area contributed by atoms with E-state index in [1.54, 1.807) is 0 Å². The predicted octanol–water partition coefficient (Wildman–Crippen LogP) is 1.31. The Morgan fingerprint density at radius 1 is 1.06 bits per heavy atom. The number of thiol groups is 1. The lowest BCUT2D eigenvalue weighted by molar-refractivity contribution is -0.131. The predicted molar refractivity (Wildman–Crippen MR) is 63.0 cm³/mol. The molecule has 0 aromatic heterocycles. The minimum absolute atomic E-state index is 0.0300. The van der Waals surface area contributed by atoms with Crippen molar-refractivity contribution in [1.82, 2.24) is 0 Å². The largest absolute Gasteiger partial charge is 0.478 e. The zero-order chi connectivity index (χ0) is 13.0. The van der Waals surface area contributed by atoms with Crippen molar-refractivity contribution in [3.63, 3.8) is 0 Å². The van der Waals surface area contributed by atoms with Crippen LogP contribution in [0, 0.1) is 0 Å². The Morgan fingerprint density at radius 2 is 1.59 bits per heavy atom. The lowest BCUT2D eigenvalue weighted by Gasteiger charge is -2.06. The van der Waals surface area contributed by atoms with Gasteiger partial charge < -0.3 is 10.2 Å². The molecule has 0 radical (unpaired) electrons. The maximum atomic E-state index is 11.2. The molecule has 0 aliphatic carbocycles. The number of carbonyl (C=O) groups excluding carboxylic acids is 1. The Kier molecular flexibility index (Phi) is 4.06. The fourth-order valence-electron chi connectivity index (χ4n) is 1.28. The molecule has 17 heavy (non-hydrogen) atoms. The summed E-state index contributed by atoms with van der Waals surface area (Å²) in [7, 11) is 0. The summed E-state index contributed by atoms with van der Waals surface area (Å²) >= 11 is 3.53. The van der Waals surface area contributed by atoms with E-state index in [2.05, 4.69) is 12.6 Å². The average molecular weight is 252 g/mol. The molecule has 88 valence electrons. The monoisotopic (exact) mass is 252 g/mol. The van der Waals surface area contributed by atoms with Crippen LogP contribution in [0.25, 0.3) is 5.57 Å². The van der Waals surface area contributed by atoms with Gasteiger partial charge in [0.05, 0.1) is 5.56 Å². The normalized spacial score (nSPS) is 11.0. The van der Waals surface area contributed by atoms with Gasteiger partial charge in [-0.05, 0) is 6.07 Å². The van der Waals surface area contributed by atoms with E-state index in [-0.39, 0.29) is 16.7 Å². The standard InChI is InChI=1S/C11H8O5S/c12-9(13)5-8(11(16)17)6-3-1-2-4-7(6)10(14)15/h1-5H,(H,12,13)(H,14,15)(H,16,17)/b8-5+. The van der Waals surface area contributed by atoms with Crippen LogP contribution in [0.5, 0.6) is 0 Å². The SMILES string of the molecule is O=C(O)/C=C(/C(=O)S)c1ccccc1C(=O)O. The van der Waals surface area contributed by atoms with Crippen LogP contribution < -0.4 is 0 Å². The number of aliphatic carboxylic acids is 1. The Bertz CT molecular complexity index is 518. The molecular weight excluding hydrogens is 244 g/mol. The molecule has 0 aliphatic heterocycles. The minimum Gasteiger partial charge on any atom is -0.478 e. The number of aromatic carboxylic acids is 1. The van der Waals surface area contributed by atoms with Gasteiger partial charge in [0.1, 0.15) is 0 Å². The summed E-state index contributed by atoms with van der Waals surface area (Å²) in [6, 6.07) is 5.62. The Balaban J connectivity index is 3.44. The van der Waals surface area contributed by atoms with Crippen molar-refractivity contribution in [2.45, 2.75) is 0 Å². The lowest BCUT2D eigenvalue weighted by atomic mass is 10.00. The van der Waals surface area contributed by atoms with Crippen molar-refractivity contribution in [1.29, 1.82) is 0 Å². The van der Waals surface area contributed by atoms with E-state index >= 15 is 0 Å². The van der Waals surface area contributed by atoms with Crippen molar-refractivity contribution in [2.75, 3.05) is 0 Å². The molecule has 0 heterocycles. The molecule has 5 nitrogen and oxygen atoms in total. The van der Waals surface area contributed by atoms with Crippen molar-refractivity contribution in [3.05, 3.63) is 41.5 Å². The van der Waals surface area contributed by atoms with Gasteiger partial charge in [-0.15, -0.1) is 12.6 Å². The first-order chi connectivity index (χ1) is 7.93. The molecule has 0 atom stereocenters. The molecule has 0 saturated carbocycles. The number of carboxylic acid groups (broad SMARTS) is 2. The van der Waals surface area contributed by atoms with Crippen molar-refractivity contribution >= 4 is 35.3 Å². The molecular formula is C11H8O5S. The Hall–Kier alpha value is -2.08. The van der Waals surface area contributed by atoms with Crippen molar-refractivity contribution < 1.29 is 24.6 Å². The molecule has 0 aliphatic rings. The van der Waals surface area contributed by atoms with Gasteiger partial charge >= 0.3 is 11.9 Å². The second kappa shape index (κ2) is 5.31. The molecule has 6 heteroatoms. The molecule has 0 unspecified atom stereocenters. The maximum absolute atomic E-state index is 11.2. The molecule has 0 bridgehead atoms. The Morgan fingerprint density at radius 3 is 2.00 bits per heavy atom. The van der Waals surface area contributed by atoms with Crippen LogP contribution >= 0.6 is 12.6 Å². The molecule has 0 saturated heterocycles. The number of hydrogen-bond acceptors (Lipinski definition) is 3. The summed E-state index contributed by atoms with van der Waals surface area (Å²) in [5, 5.41) is 16.7. The second-order valence-corrected chi connectivity index (χ2v) is 3.46. The van der Waals surface area contributed by atoms with E-state index in [9.17, 15) is 14.4 Å². The summed E-state index contributed by atoms with van der Waals surface area (Å²) in [6.07, 6.45) is 0.636. The highest BCUT2D eigenvalue weighted by Gasteiger charge is 2.17. The highest BCUT2D eigenvalue weighted by molar-refractivity contribution is 7.98. The van der Waals surface area contributed by atoms with E-state index in [4.69, 9.17) is 10.2 Å². The molecule has 0 fully saturated rings. The van der Waals surface area contributed by atoms with Crippen LogP contribution in [0.2, 0.25) is 0 Å². The number of carboxylic acids is 2. The van der Waals surface area contributed by atoms with Gasteiger partial charge in [0.15, 0.2) is 0 Å². The average Bonchev–Trinajstić information content (AvgIpc) is 2.25.